The summed E-state index contributed by atoms with van der Waals surface area (Å²) in [6, 6.07) is 11.3. The molecule has 0 bridgehead atoms. The fourth-order valence-electron chi connectivity index (χ4n) is 2.30. The first-order valence-corrected chi connectivity index (χ1v) is 7.06. The van der Waals surface area contributed by atoms with Crippen molar-refractivity contribution in [3.8, 4) is 17.2 Å². The molecule has 0 aliphatic carbocycles. The maximum atomic E-state index is 6.21. The van der Waals surface area contributed by atoms with E-state index in [-0.39, 0.29) is 0 Å². The molecule has 0 amide bonds. The lowest BCUT2D eigenvalue weighted by Gasteiger charge is -2.12. The minimum atomic E-state index is 0.557. The lowest BCUT2D eigenvalue weighted by atomic mass is 10.2. The number of H-pyrrole nitrogens is 1. The number of imidazole rings is 1. The molecule has 0 saturated heterocycles. The van der Waals surface area contributed by atoms with Crippen molar-refractivity contribution in [2.75, 3.05) is 14.2 Å². The van der Waals surface area contributed by atoms with Gasteiger partial charge in [-0.1, -0.05) is 17.7 Å². The second-order valence-corrected chi connectivity index (χ2v) is 5.23. The van der Waals surface area contributed by atoms with E-state index in [1.165, 1.54) is 0 Å². The Morgan fingerprint density at radius 1 is 1.14 bits per heavy atom. The first kappa shape index (κ1) is 14.0. The average Bonchev–Trinajstić information content (AvgIpc) is 2.84. The number of ether oxygens (including phenoxy) is 2. The minimum absolute atomic E-state index is 0.557. The Bertz CT molecular complexity index is 870. The highest BCUT2D eigenvalue weighted by Gasteiger charge is 2.13. The van der Waals surface area contributed by atoms with E-state index in [9.17, 15) is 0 Å². The van der Waals surface area contributed by atoms with Crippen LogP contribution >= 0.6 is 23.8 Å². The number of para-hydroxylation sites is 1. The highest BCUT2D eigenvalue weighted by molar-refractivity contribution is 7.71. The summed E-state index contributed by atoms with van der Waals surface area (Å²) in [5.74, 6) is 1.39. The van der Waals surface area contributed by atoms with Crippen molar-refractivity contribution in [1.29, 1.82) is 0 Å². The zero-order valence-electron chi connectivity index (χ0n) is 11.5. The molecule has 0 radical (unpaired) electrons. The summed E-state index contributed by atoms with van der Waals surface area (Å²) < 4.78 is 13.1. The van der Waals surface area contributed by atoms with Crippen molar-refractivity contribution in [2.45, 2.75) is 0 Å². The van der Waals surface area contributed by atoms with E-state index in [1.54, 1.807) is 14.2 Å². The van der Waals surface area contributed by atoms with Gasteiger partial charge in [0.1, 0.15) is 11.5 Å². The van der Waals surface area contributed by atoms with Crippen molar-refractivity contribution < 1.29 is 9.47 Å². The van der Waals surface area contributed by atoms with Crippen LogP contribution in [0.5, 0.6) is 11.5 Å². The Balaban J connectivity index is 2.33. The monoisotopic (exact) mass is 320 g/mol. The standard InChI is InChI=1S/C15H13ClN2O2S/c1-19-9-6-7-11(13(8-9)20-2)18-12-5-3-4-10(16)14(12)17-15(18)21/h3-8H,1-2H3,(H,17,21). The second kappa shape index (κ2) is 5.42. The third-order valence-electron chi connectivity index (χ3n) is 3.30. The number of benzene rings is 2. The Labute approximate surface area is 131 Å². The van der Waals surface area contributed by atoms with Gasteiger partial charge in [-0.15, -0.1) is 0 Å². The summed E-state index contributed by atoms with van der Waals surface area (Å²) in [5, 5.41) is 0.629. The van der Waals surface area contributed by atoms with Gasteiger partial charge in [-0.05, 0) is 36.5 Å². The lowest BCUT2D eigenvalue weighted by Crippen LogP contribution is -1.98. The van der Waals surface area contributed by atoms with E-state index >= 15 is 0 Å². The molecule has 0 atom stereocenters. The third-order valence-corrected chi connectivity index (χ3v) is 3.89. The molecule has 1 aromatic heterocycles. The summed E-state index contributed by atoms with van der Waals surface area (Å²) >= 11 is 11.6. The van der Waals surface area contributed by atoms with Crippen molar-refractivity contribution in [3.63, 3.8) is 0 Å². The lowest BCUT2D eigenvalue weighted by molar-refractivity contribution is 0.393. The van der Waals surface area contributed by atoms with Gasteiger partial charge >= 0.3 is 0 Å². The minimum Gasteiger partial charge on any atom is -0.497 e. The molecule has 1 heterocycles. The maximum Gasteiger partial charge on any atom is 0.182 e. The van der Waals surface area contributed by atoms with Gasteiger partial charge in [-0.25, -0.2) is 0 Å². The normalized spacial score (nSPS) is 10.8. The molecule has 0 aliphatic rings. The van der Waals surface area contributed by atoms with Crippen LogP contribution in [0, 0.1) is 4.77 Å². The molecule has 6 heteroatoms. The van der Waals surface area contributed by atoms with Crippen molar-refractivity contribution in [2.24, 2.45) is 0 Å². The summed E-state index contributed by atoms with van der Waals surface area (Å²) in [6.45, 7) is 0. The summed E-state index contributed by atoms with van der Waals surface area (Å²) in [6.07, 6.45) is 0. The molecule has 2 aromatic carbocycles. The number of aromatic amines is 1. The molecular formula is C15H13ClN2O2S. The fourth-order valence-corrected chi connectivity index (χ4v) is 2.82. The van der Waals surface area contributed by atoms with Crippen LogP contribution < -0.4 is 9.47 Å². The van der Waals surface area contributed by atoms with Crippen molar-refractivity contribution >= 4 is 34.9 Å². The summed E-state index contributed by atoms with van der Waals surface area (Å²) in [7, 11) is 3.23. The fraction of sp³-hybridized carbons (Fsp3) is 0.133. The van der Waals surface area contributed by atoms with Gasteiger partial charge in [0.2, 0.25) is 0 Å². The summed E-state index contributed by atoms with van der Waals surface area (Å²) in [5.41, 5.74) is 2.54. The highest BCUT2D eigenvalue weighted by atomic mass is 35.5. The highest BCUT2D eigenvalue weighted by Crippen LogP contribution is 2.32. The number of rotatable bonds is 3. The predicted octanol–water partition coefficient (Wildman–Crippen LogP) is 4.36. The van der Waals surface area contributed by atoms with E-state index in [4.69, 9.17) is 33.3 Å². The molecule has 0 aliphatic heterocycles. The topological polar surface area (TPSA) is 39.2 Å². The number of hydrogen-bond donors (Lipinski definition) is 1. The second-order valence-electron chi connectivity index (χ2n) is 4.44. The van der Waals surface area contributed by atoms with Crippen molar-refractivity contribution in [3.05, 3.63) is 46.2 Å². The average molecular weight is 321 g/mol. The molecule has 1 N–H and O–H groups in total. The van der Waals surface area contributed by atoms with Crippen LogP contribution in [0.3, 0.4) is 0 Å². The number of halogens is 1. The number of nitrogens with zero attached hydrogens (tertiary/aromatic N) is 1. The zero-order valence-corrected chi connectivity index (χ0v) is 13.1. The molecular weight excluding hydrogens is 308 g/mol. The Morgan fingerprint density at radius 2 is 1.95 bits per heavy atom. The largest absolute Gasteiger partial charge is 0.497 e. The SMILES string of the molecule is COc1ccc(-n2c(=S)[nH]c3c(Cl)cccc32)c(OC)c1. The predicted molar refractivity (Wildman–Crippen MR) is 86.6 cm³/mol. The molecule has 3 aromatic rings. The number of aromatic nitrogens is 2. The quantitative estimate of drug-likeness (QED) is 0.729. The Morgan fingerprint density at radius 3 is 2.67 bits per heavy atom. The van der Waals surface area contributed by atoms with Gasteiger partial charge in [-0.3, -0.25) is 4.57 Å². The number of fused-ring (bicyclic) bond motifs is 1. The zero-order chi connectivity index (χ0) is 15.0. The van der Waals surface area contributed by atoms with Crippen LogP contribution in [0.15, 0.2) is 36.4 Å². The first-order chi connectivity index (χ1) is 10.2. The molecule has 108 valence electrons. The van der Waals surface area contributed by atoms with Gasteiger partial charge in [-0.2, -0.15) is 0 Å². The first-order valence-electron chi connectivity index (χ1n) is 6.27. The summed E-state index contributed by atoms with van der Waals surface area (Å²) in [4.78, 5) is 3.13. The smallest absolute Gasteiger partial charge is 0.182 e. The van der Waals surface area contributed by atoms with Gasteiger partial charge < -0.3 is 14.5 Å². The third kappa shape index (κ3) is 2.28. The van der Waals surface area contributed by atoms with E-state index < -0.39 is 0 Å². The number of methoxy groups -OCH3 is 2. The van der Waals surface area contributed by atoms with Crippen LogP contribution in [-0.4, -0.2) is 23.8 Å². The molecule has 0 unspecified atom stereocenters. The van der Waals surface area contributed by atoms with Crippen LogP contribution in [0.2, 0.25) is 5.02 Å². The Hall–Kier alpha value is -1.98. The van der Waals surface area contributed by atoms with Crippen LogP contribution in [0.25, 0.3) is 16.7 Å². The molecule has 21 heavy (non-hydrogen) atoms. The molecule has 0 fully saturated rings. The molecule has 0 spiro atoms. The van der Waals surface area contributed by atoms with Gasteiger partial charge in [0.05, 0.1) is 36.0 Å². The van der Waals surface area contributed by atoms with Crippen LogP contribution in [0.1, 0.15) is 0 Å². The number of nitrogens with one attached hydrogen (secondary N) is 1. The van der Waals surface area contributed by atoms with E-state index in [0.717, 1.165) is 22.5 Å². The van der Waals surface area contributed by atoms with Crippen LogP contribution in [0.4, 0.5) is 0 Å². The molecule has 4 nitrogen and oxygen atoms in total. The molecule has 3 rings (SSSR count). The van der Waals surface area contributed by atoms with E-state index in [2.05, 4.69) is 4.98 Å². The van der Waals surface area contributed by atoms with E-state index in [0.29, 0.717) is 15.5 Å². The molecule has 0 saturated carbocycles. The van der Waals surface area contributed by atoms with Gasteiger partial charge in [0.15, 0.2) is 4.77 Å². The van der Waals surface area contributed by atoms with Gasteiger partial charge in [0, 0.05) is 6.07 Å². The van der Waals surface area contributed by atoms with E-state index in [1.807, 2.05) is 41.0 Å². The number of hydrogen-bond acceptors (Lipinski definition) is 3. The maximum absolute atomic E-state index is 6.21. The van der Waals surface area contributed by atoms with Gasteiger partial charge in [0.25, 0.3) is 0 Å². The Kier molecular flexibility index (Phi) is 3.61. The van der Waals surface area contributed by atoms with Crippen molar-refractivity contribution in [1.82, 2.24) is 9.55 Å². The van der Waals surface area contributed by atoms with Crippen LogP contribution in [-0.2, 0) is 0 Å².